The Balaban J connectivity index is 1.65. The van der Waals surface area contributed by atoms with Crippen LogP contribution in [-0.4, -0.2) is 55.2 Å². The quantitative estimate of drug-likeness (QED) is 0.854. The first-order chi connectivity index (χ1) is 10.5. The largest absolute Gasteiger partial charge is 0.373 e. The number of nitrogens with zero attached hydrogens (tertiary/aromatic N) is 2. The Morgan fingerprint density at radius 1 is 1.32 bits per heavy atom. The van der Waals surface area contributed by atoms with Crippen LogP contribution in [0.4, 0.5) is 0 Å². The molecular formula is C19H30N2O. The van der Waals surface area contributed by atoms with Crippen molar-refractivity contribution in [2.24, 2.45) is 0 Å². The van der Waals surface area contributed by atoms with Gasteiger partial charge in [-0.15, -0.1) is 0 Å². The lowest BCUT2D eigenvalue weighted by atomic mass is 9.89. The van der Waals surface area contributed by atoms with Gasteiger partial charge in [-0.3, -0.25) is 4.90 Å². The van der Waals surface area contributed by atoms with Gasteiger partial charge in [0.1, 0.15) is 0 Å². The molecule has 0 N–H and O–H groups in total. The van der Waals surface area contributed by atoms with Gasteiger partial charge in [-0.2, -0.15) is 0 Å². The first-order valence-electron chi connectivity index (χ1n) is 8.56. The predicted molar refractivity (Wildman–Crippen MR) is 91.2 cm³/mol. The van der Waals surface area contributed by atoms with Crippen LogP contribution >= 0.6 is 0 Å². The fourth-order valence-corrected chi connectivity index (χ4v) is 4.00. The third-order valence-corrected chi connectivity index (χ3v) is 5.49. The summed E-state index contributed by atoms with van der Waals surface area (Å²) in [5.74, 6) is 0. The summed E-state index contributed by atoms with van der Waals surface area (Å²) in [4.78, 5) is 4.96. The van der Waals surface area contributed by atoms with Crippen molar-refractivity contribution in [3.63, 3.8) is 0 Å². The molecule has 1 spiro atoms. The second-order valence-electron chi connectivity index (χ2n) is 7.53. The molecule has 0 aromatic heterocycles. The smallest absolute Gasteiger partial charge is 0.0835 e. The first-order valence-corrected chi connectivity index (χ1v) is 8.56. The number of benzene rings is 1. The fraction of sp³-hybridized carbons (Fsp3) is 0.684. The van der Waals surface area contributed by atoms with Crippen LogP contribution in [0.5, 0.6) is 0 Å². The molecule has 2 atom stereocenters. The van der Waals surface area contributed by atoms with Crippen LogP contribution < -0.4 is 0 Å². The van der Waals surface area contributed by atoms with Crippen molar-refractivity contribution >= 4 is 0 Å². The van der Waals surface area contributed by atoms with E-state index in [0.29, 0.717) is 6.04 Å². The molecule has 2 heterocycles. The van der Waals surface area contributed by atoms with Crippen molar-refractivity contribution < 1.29 is 4.74 Å². The molecule has 1 aromatic rings. The summed E-state index contributed by atoms with van der Waals surface area (Å²) in [6.45, 7) is 8.63. The van der Waals surface area contributed by atoms with Gasteiger partial charge in [0.25, 0.3) is 0 Å². The number of ether oxygens (including phenoxy) is 1. The van der Waals surface area contributed by atoms with Crippen LogP contribution in [0.2, 0.25) is 0 Å². The Bertz CT molecular complexity index is 528. The molecule has 0 aliphatic carbocycles. The van der Waals surface area contributed by atoms with Crippen molar-refractivity contribution in [1.82, 2.24) is 9.80 Å². The lowest BCUT2D eigenvalue weighted by Gasteiger charge is -2.40. The van der Waals surface area contributed by atoms with E-state index < -0.39 is 0 Å². The monoisotopic (exact) mass is 302 g/mol. The standard InChI is InChI=1S/C19H30N2O/c1-15-5-6-16(2)17(11-15)13-21-9-8-19(14-21)12-18(20(3)4)7-10-22-19/h5-6,11,18H,7-10,12-14H2,1-4H3/t18-,19-/m1/s1. The Morgan fingerprint density at radius 3 is 2.91 bits per heavy atom. The SMILES string of the molecule is Cc1ccc(C)c(CN2CC[C@@]3(C[C@H](N(C)C)CCO3)C2)c1. The zero-order valence-corrected chi connectivity index (χ0v) is 14.6. The minimum absolute atomic E-state index is 0.102. The number of aryl methyl sites for hydroxylation is 2. The van der Waals surface area contributed by atoms with Gasteiger partial charge < -0.3 is 9.64 Å². The molecule has 122 valence electrons. The van der Waals surface area contributed by atoms with E-state index in [1.165, 1.54) is 36.0 Å². The highest BCUT2D eigenvalue weighted by molar-refractivity contribution is 5.30. The Hall–Kier alpha value is -0.900. The van der Waals surface area contributed by atoms with Gasteiger partial charge in [0, 0.05) is 32.3 Å². The zero-order chi connectivity index (χ0) is 15.7. The molecule has 2 saturated heterocycles. The summed E-state index contributed by atoms with van der Waals surface area (Å²) < 4.78 is 6.26. The van der Waals surface area contributed by atoms with Gasteiger partial charge in [-0.25, -0.2) is 0 Å². The minimum atomic E-state index is 0.102. The molecule has 0 amide bonds. The molecule has 0 bridgehead atoms. The van der Waals surface area contributed by atoms with Gasteiger partial charge in [-0.1, -0.05) is 23.8 Å². The average molecular weight is 302 g/mol. The summed E-state index contributed by atoms with van der Waals surface area (Å²) in [7, 11) is 4.40. The van der Waals surface area contributed by atoms with E-state index >= 15 is 0 Å². The molecule has 2 fully saturated rings. The third-order valence-electron chi connectivity index (χ3n) is 5.49. The summed E-state index contributed by atoms with van der Waals surface area (Å²) >= 11 is 0. The molecular weight excluding hydrogens is 272 g/mol. The predicted octanol–water partition coefficient (Wildman–Crippen LogP) is 2.99. The molecule has 22 heavy (non-hydrogen) atoms. The number of hydrogen-bond acceptors (Lipinski definition) is 3. The van der Waals surface area contributed by atoms with Crippen molar-refractivity contribution in [2.75, 3.05) is 33.8 Å². The van der Waals surface area contributed by atoms with E-state index in [1.54, 1.807) is 0 Å². The van der Waals surface area contributed by atoms with Gasteiger partial charge in [0.15, 0.2) is 0 Å². The highest BCUT2D eigenvalue weighted by atomic mass is 16.5. The molecule has 0 radical (unpaired) electrons. The lowest BCUT2D eigenvalue weighted by molar-refractivity contribution is -0.0932. The topological polar surface area (TPSA) is 15.7 Å². The molecule has 3 heteroatoms. The van der Waals surface area contributed by atoms with Crippen LogP contribution in [0.25, 0.3) is 0 Å². The average Bonchev–Trinajstić information content (AvgIpc) is 2.85. The number of rotatable bonds is 3. The Morgan fingerprint density at radius 2 is 2.14 bits per heavy atom. The van der Waals surface area contributed by atoms with Crippen LogP contribution in [-0.2, 0) is 11.3 Å². The van der Waals surface area contributed by atoms with E-state index in [-0.39, 0.29) is 5.60 Å². The van der Waals surface area contributed by atoms with Gasteiger partial charge in [-0.05, 0) is 58.3 Å². The van der Waals surface area contributed by atoms with Crippen LogP contribution in [0.1, 0.15) is 36.0 Å². The maximum atomic E-state index is 6.26. The van der Waals surface area contributed by atoms with Crippen LogP contribution in [0, 0.1) is 13.8 Å². The molecule has 2 aliphatic heterocycles. The van der Waals surface area contributed by atoms with Crippen LogP contribution in [0.15, 0.2) is 18.2 Å². The van der Waals surface area contributed by atoms with Crippen molar-refractivity contribution in [3.05, 3.63) is 34.9 Å². The van der Waals surface area contributed by atoms with Gasteiger partial charge in [0.05, 0.1) is 5.60 Å². The van der Waals surface area contributed by atoms with Crippen molar-refractivity contribution in [1.29, 1.82) is 0 Å². The van der Waals surface area contributed by atoms with Gasteiger partial charge in [0.2, 0.25) is 0 Å². The molecule has 0 unspecified atom stereocenters. The Kier molecular flexibility index (Phi) is 4.58. The zero-order valence-electron chi connectivity index (χ0n) is 14.6. The number of likely N-dealkylation sites (tertiary alicyclic amines) is 1. The van der Waals surface area contributed by atoms with E-state index in [1.807, 2.05) is 0 Å². The van der Waals surface area contributed by atoms with E-state index in [4.69, 9.17) is 4.74 Å². The lowest BCUT2D eigenvalue weighted by Crippen LogP contribution is -2.48. The maximum Gasteiger partial charge on any atom is 0.0835 e. The second-order valence-corrected chi connectivity index (χ2v) is 7.53. The maximum absolute atomic E-state index is 6.26. The summed E-state index contributed by atoms with van der Waals surface area (Å²) in [6.07, 6.45) is 3.54. The van der Waals surface area contributed by atoms with Crippen LogP contribution in [0.3, 0.4) is 0 Å². The number of hydrogen-bond donors (Lipinski definition) is 0. The van der Waals surface area contributed by atoms with Gasteiger partial charge >= 0.3 is 0 Å². The highest BCUT2D eigenvalue weighted by Gasteiger charge is 2.43. The summed E-state index contributed by atoms with van der Waals surface area (Å²) in [5.41, 5.74) is 4.33. The molecule has 3 nitrogen and oxygen atoms in total. The van der Waals surface area contributed by atoms with E-state index in [9.17, 15) is 0 Å². The normalized spacial score (nSPS) is 29.6. The fourth-order valence-electron chi connectivity index (χ4n) is 4.00. The molecule has 3 rings (SSSR count). The highest BCUT2D eigenvalue weighted by Crippen LogP contribution is 2.36. The van der Waals surface area contributed by atoms with E-state index in [2.05, 4.69) is 55.9 Å². The first kappa shape index (κ1) is 16.0. The Labute approximate surface area is 135 Å². The molecule has 1 aromatic carbocycles. The molecule has 0 saturated carbocycles. The second kappa shape index (κ2) is 6.31. The molecule has 2 aliphatic rings. The summed E-state index contributed by atoms with van der Waals surface area (Å²) in [5, 5.41) is 0. The van der Waals surface area contributed by atoms with E-state index in [0.717, 1.165) is 26.2 Å². The van der Waals surface area contributed by atoms with Crippen molar-refractivity contribution in [3.8, 4) is 0 Å². The minimum Gasteiger partial charge on any atom is -0.373 e. The third kappa shape index (κ3) is 3.37. The summed E-state index contributed by atoms with van der Waals surface area (Å²) in [6, 6.07) is 7.46. The van der Waals surface area contributed by atoms with Crippen molar-refractivity contribution in [2.45, 2.75) is 51.3 Å².